The van der Waals surface area contributed by atoms with E-state index in [0.29, 0.717) is 17.9 Å². The number of benzene rings is 1. The second-order valence-corrected chi connectivity index (χ2v) is 4.12. The van der Waals surface area contributed by atoms with Crippen LogP contribution in [0.4, 0.5) is 0 Å². The molecule has 0 spiro atoms. The third-order valence-electron chi connectivity index (χ3n) is 2.48. The monoisotopic (exact) mass is 207 g/mol. The van der Waals surface area contributed by atoms with Crippen LogP contribution in [-0.2, 0) is 0 Å². The zero-order chi connectivity index (χ0) is 11.5. The van der Waals surface area contributed by atoms with Crippen molar-refractivity contribution in [2.45, 2.75) is 13.8 Å². The van der Waals surface area contributed by atoms with Gasteiger partial charge in [0, 0.05) is 12.0 Å². The largest absolute Gasteiger partial charge is 0.496 e. The number of hydrogen-bond acceptors (Lipinski definition) is 3. The van der Waals surface area contributed by atoms with Gasteiger partial charge in [0.25, 0.3) is 0 Å². The zero-order valence-corrected chi connectivity index (χ0v) is 9.41. The molecule has 0 aliphatic rings. The van der Waals surface area contributed by atoms with Gasteiger partial charge in [-0.3, -0.25) is 4.79 Å². The number of para-hydroxylation sites is 1. The molecule has 0 amide bonds. The molecule has 3 heteroatoms. The van der Waals surface area contributed by atoms with Gasteiger partial charge in [0.05, 0.1) is 12.7 Å². The molecule has 0 radical (unpaired) electrons. The molecule has 0 unspecified atom stereocenters. The molecule has 0 atom stereocenters. The van der Waals surface area contributed by atoms with Crippen molar-refractivity contribution < 1.29 is 9.53 Å². The summed E-state index contributed by atoms with van der Waals surface area (Å²) in [6.45, 7) is 3.99. The topological polar surface area (TPSA) is 52.3 Å². The van der Waals surface area contributed by atoms with Gasteiger partial charge < -0.3 is 10.5 Å². The van der Waals surface area contributed by atoms with Gasteiger partial charge in [-0.25, -0.2) is 0 Å². The van der Waals surface area contributed by atoms with Crippen LogP contribution in [0.2, 0.25) is 0 Å². The first-order valence-electron chi connectivity index (χ1n) is 4.91. The molecule has 1 rings (SSSR count). The highest BCUT2D eigenvalue weighted by Gasteiger charge is 2.28. The summed E-state index contributed by atoms with van der Waals surface area (Å²) in [7, 11) is 1.56. The molecule has 1 aromatic carbocycles. The molecular weight excluding hydrogens is 190 g/mol. The van der Waals surface area contributed by atoms with E-state index in [9.17, 15) is 4.79 Å². The van der Waals surface area contributed by atoms with E-state index in [1.807, 2.05) is 26.0 Å². The minimum atomic E-state index is -0.547. The van der Waals surface area contributed by atoms with E-state index in [4.69, 9.17) is 10.5 Å². The molecule has 0 bridgehead atoms. The normalized spacial score (nSPS) is 11.2. The highest BCUT2D eigenvalue weighted by Crippen LogP contribution is 2.26. The molecule has 0 fully saturated rings. The predicted molar refractivity (Wildman–Crippen MR) is 60.2 cm³/mol. The molecule has 82 valence electrons. The molecule has 2 N–H and O–H groups in total. The average Bonchev–Trinajstić information content (AvgIpc) is 2.28. The van der Waals surface area contributed by atoms with Crippen LogP contribution in [0.25, 0.3) is 0 Å². The van der Waals surface area contributed by atoms with Crippen molar-refractivity contribution in [1.29, 1.82) is 0 Å². The summed E-state index contributed by atoms with van der Waals surface area (Å²) in [6, 6.07) is 7.20. The molecule has 15 heavy (non-hydrogen) atoms. The summed E-state index contributed by atoms with van der Waals surface area (Å²) in [4.78, 5) is 12.1. The Bertz CT molecular complexity index is 358. The standard InChI is InChI=1S/C12H17NO2/c1-12(2,8-13)11(14)9-6-4-5-7-10(9)15-3/h4-7H,8,13H2,1-3H3. The Morgan fingerprint density at radius 2 is 2.00 bits per heavy atom. The van der Waals surface area contributed by atoms with Crippen LogP contribution in [-0.4, -0.2) is 19.4 Å². The van der Waals surface area contributed by atoms with Crippen molar-refractivity contribution in [2.75, 3.05) is 13.7 Å². The molecule has 0 heterocycles. The van der Waals surface area contributed by atoms with Gasteiger partial charge >= 0.3 is 0 Å². The number of Topliss-reactive ketones (excluding diaryl/α,β-unsaturated/α-hetero) is 1. The van der Waals surface area contributed by atoms with Crippen LogP contribution in [0.3, 0.4) is 0 Å². The fraction of sp³-hybridized carbons (Fsp3) is 0.417. The van der Waals surface area contributed by atoms with Crippen LogP contribution >= 0.6 is 0 Å². The maximum atomic E-state index is 12.1. The van der Waals surface area contributed by atoms with Crippen molar-refractivity contribution in [2.24, 2.45) is 11.1 Å². The molecule has 0 saturated carbocycles. The molecule has 1 aromatic rings. The van der Waals surface area contributed by atoms with Crippen LogP contribution in [0.1, 0.15) is 24.2 Å². The highest BCUT2D eigenvalue weighted by molar-refractivity contribution is 6.02. The first-order valence-corrected chi connectivity index (χ1v) is 4.91. The van der Waals surface area contributed by atoms with E-state index < -0.39 is 5.41 Å². The Labute approximate surface area is 90.2 Å². The fourth-order valence-corrected chi connectivity index (χ4v) is 1.29. The summed E-state index contributed by atoms with van der Waals surface area (Å²) in [5, 5.41) is 0. The van der Waals surface area contributed by atoms with Gasteiger partial charge in [-0.05, 0) is 12.1 Å². The van der Waals surface area contributed by atoms with Gasteiger partial charge in [-0.15, -0.1) is 0 Å². The lowest BCUT2D eigenvalue weighted by Crippen LogP contribution is -2.32. The van der Waals surface area contributed by atoms with E-state index in [-0.39, 0.29) is 5.78 Å². The first kappa shape index (κ1) is 11.7. The molecule has 0 aliphatic heterocycles. The summed E-state index contributed by atoms with van der Waals surface area (Å²) in [6.07, 6.45) is 0. The zero-order valence-electron chi connectivity index (χ0n) is 9.41. The number of nitrogens with two attached hydrogens (primary N) is 1. The number of methoxy groups -OCH3 is 1. The summed E-state index contributed by atoms with van der Waals surface area (Å²) in [5.74, 6) is 0.617. The van der Waals surface area contributed by atoms with E-state index in [2.05, 4.69) is 0 Å². The second kappa shape index (κ2) is 4.45. The molecule has 0 saturated heterocycles. The predicted octanol–water partition coefficient (Wildman–Crippen LogP) is 1.86. The highest BCUT2D eigenvalue weighted by atomic mass is 16.5. The number of carbonyl (C=O) groups excluding carboxylic acids is 1. The van der Waals surface area contributed by atoms with Crippen molar-refractivity contribution in [3.8, 4) is 5.75 Å². The SMILES string of the molecule is COc1ccccc1C(=O)C(C)(C)CN. The van der Waals surface area contributed by atoms with Gasteiger partial charge in [-0.2, -0.15) is 0 Å². The minimum Gasteiger partial charge on any atom is -0.496 e. The lowest BCUT2D eigenvalue weighted by molar-refractivity contribution is 0.0844. The van der Waals surface area contributed by atoms with Crippen LogP contribution < -0.4 is 10.5 Å². The van der Waals surface area contributed by atoms with Gasteiger partial charge in [0.1, 0.15) is 5.75 Å². The molecule has 0 aliphatic carbocycles. The fourth-order valence-electron chi connectivity index (χ4n) is 1.29. The Hall–Kier alpha value is -1.35. The van der Waals surface area contributed by atoms with Crippen molar-refractivity contribution in [1.82, 2.24) is 0 Å². The second-order valence-electron chi connectivity index (χ2n) is 4.12. The third kappa shape index (κ3) is 2.36. The van der Waals surface area contributed by atoms with Crippen molar-refractivity contribution in [3.63, 3.8) is 0 Å². The lowest BCUT2D eigenvalue weighted by Gasteiger charge is -2.21. The summed E-state index contributed by atoms with van der Waals surface area (Å²) < 4.78 is 5.14. The molecular formula is C12H17NO2. The number of rotatable bonds is 4. The van der Waals surface area contributed by atoms with Crippen molar-refractivity contribution in [3.05, 3.63) is 29.8 Å². The van der Waals surface area contributed by atoms with E-state index in [1.165, 1.54) is 0 Å². The average molecular weight is 207 g/mol. The smallest absolute Gasteiger partial charge is 0.173 e. The van der Waals surface area contributed by atoms with Crippen LogP contribution in [0.5, 0.6) is 5.75 Å². The Morgan fingerprint density at radius 1 is 1.40 bits per heavy atom. The number of carbonyl (C=O) groups is 1. The first-order chi connectivity index (χ1) is 7.03. The quantitative estimate of drug-likeness (QED) is 0.767. The Balaban J connectivity index is 3.11. The number of hydrogen-bond donors (Lipinski definition) is 1. The summed E-state index contributed by atoms with van der Waals surface area (Å²) in [5.41, 5.74) is 5.62. The number of ether oxygens (including phenoxy) is 1. The van der Waals surface area contributed by atoms with E-state index >= 15 is 0 Å². The van der Waals surface area contributed by atoms with Gasteiger partial charge in [0.15, 0.2) is 5.78 Å². The maximum absolute atomic E-state index is 12.1. The van der Waals surface area contributed by atoms with E-state index in [1.54, 1.807) is 19.2 Å². The third-order valence-corrected chi connectivity index (χ3v) is 2.48. The van der Waals surface area contributed by atoms with Crippen LogP contribution in [0.15, 0.2) is 24.3 Å². The molecule has 0 aromatic heterocycles. The van der Waals surface area contributed by atoms with Crippen molar-refractivity contribution >= 4 is 5.78 Å². The Kier molecular flexibility index (Phi) is 3.48. The maximum Gasteiger partial charge on any atom is 0.173 e. The van der Waals surface area contributed by atoms with Crippen LogP contribution in [0, 0.1) is 5.41 Å². The number of ketones is 1. The lowest BCUT2D eigenvalue weighted by atomic mass is 9.84. The summed E-state index contributed by atoms with van der Waals surface area (Å²) >= 11 is 0. The van der Waals surface area contributed by atoms with Gasteiger partial charge in [-0.1, -0.05) is 26.0 Å². The Morgan fingerprint density at radius 3 is 2.53 bits per heavy atom. The minimum absolute atomic E-state index is 0.0162. The van der Waals surface area contributed by atoms with E-state index in [0.717, 1.165) is 0 Å². The van der Waals surface area contributed by atoms with Gasteiger partial charge in [0.2, 0.25) is 0 Å². The molecule has 3 nitrogen and oxygen atoms in total.